The SMILES string of the molecule is CCCCNC(=O)[C@H](CC)N(Cc1ccccc1)C(=O)CCCN(c1ccc(F)c(F)c1)S(C)(=O)=O. The van der Waals surface area contributed by atoms with E-state index in [4.69, 9.17) is 0 Å². The largest absolute Gasteiger partial charge is 0.354 e. The second-order valence-electron chi connectivity index (χ2n) is 8.61. The van der Waals surface area contributed by atoms with E-state index in [0.29, 0.717) is 13.0 Å². The number of nitrogens with one attached hydrogen (secondary N) is 1. The number of hydrogen-bond donors (Lipinski definition) is 1. The highest BCUT2D eigenvalue weighted by Gasteiger charge is 2.28. The third-order valence-corrected chi connectivity index (χ3v) is 6.95. The van der Waals surface area contributed by atoms with Gasteiger partial charge in [-0.2, -0.15) is 0 Å². The molecule has 2 aromatic rings. The molecule has 1 N–H and O–H groups in total. The van der Waals surface area contributed by atoms with Crippen molar-refractivity contribution in [3.63, 3.8) is 0 Å². The Morgan fingerprint density at radius 1 is 1.00 bits per heavy atom. The Balaban J connectivity index is 2.18. The first-order valence-corrected chi connectivity index (χ1v) is 14.0. The first-order valence-electron chi connectivity index (χ1n) is 12.1. The Morgan fingerprint density at radius 2 is 1.69 bits per heavy atom. The van der Waals surface area contributed by atoms with E-state index in [1.807, 2.05) is 44.2 Å². The zero-order valence-electron chi connectivity index (χ0n) is 21.0. The molecule has 0 heterocycles. The van der Waals surface area contributed by atoms with Crippen molar-refractivity contribution in [2.24, 2.45) is 0 Å². The second kappa shape index (κ2) is 13.9. The van der Waals surface area contributed by atoms with Gasteiger partial charge in [0.25, 0.3) is 0 Å². The molecule has 0 aliphatic rings. The summed E-state index contributed by atoms with van der Waals surface area (Å²) in [6, 6.07) is 11.5. The highest BCUT2D eigenvalue weighted by Crippen LogP contribution is 2.22. The van der Waals surface area contributed by atoms with Crippen LogP contribution in [0.3, 0.4) is 0 Å². The summed E-state index contributed by atoms with van der Waals surface area (Å²) in [4.78, 5) is 27.7. The van der Waals surface area contributed by atoms with Gasteiger partial charge in [0, 0.05) is 32.1 Å². The van der Waals surface area contributed by atoms with Crippen LogP contribution in [0.15, 0.2) is 48.5 Å². The lowest BCUT2D eigenvalue weighted by molar-refractivity contribution is -0.141. The zero-order valence-corrected chi connectivity index (χ0v) is 21.9. The number of halogens is 2. The van der Waals surface area contributed by atoms with Crippen LogP contribution in [0.2, 0.25) is 0 Å². The third-order valence-electron chi connectivity index (χ3n) is 5.75. The number of rotatable bonds is 14. The van der Waals surface area contributed by atoms with Crippen molar-refractivity contribution in [2.75, 3.05) is 23.7 Å². The Bertz CT molecular complexity index is 1110. The summed E-state index contributed by atoms with van der Waals surface area (Å²) in [7, 11) is -3.81. The Kier molecular flexibility index (Phi) is 11.3. The van der Waals surface area contributed by atoms with Crippen LogP contribution in [-0.2, 0) is 26.2 Å². The topological polar surface area (TPSA) is 86.8 Å². The molecule has 10 heteroatoms. The molecule has 198 valence electrons. The summed E-state index contributed by atoms with van der Waals surface area (Å²) < 4.78 is 52.6. The van der Waals surface area contributed by atoms with E-state index in [2.05, 4.69) is 5.32 Å². The van der Waals surface area contributed by atoms with Gasteiger partial charge in [-0.05, 0) is 37.0 Å². The van der Waals surface area contributed by atoms with Gasteiger partial charge in [0.1, 0.15) is 6.04 Å². The molecule has 2 aromatic carbocycles. The summed E-state index contributed by atoms with van der Waals surface area (Å²) in [6.45, 7) is 4.52. The van der Waals surface area contributed by atoms with E-state index in [1.165, 1.54) is 11.0 Å². The summed E-state index contributed by atoms with van der Waals surface area (Å²) in [5.74, 6) is -2.77. The van der Waals surface area contributed by atoms with E-state index in [1.54, 1.807) is 0 Å². The van der Waals surface area contributed by atoms with Crippen LogP contribution in [0.5, 0.6) is 0 Å². The third kappa shape index (κ3) is 8.58. The standard InChI is InChI=1S/C26H35F2N3O4S/c1-4-6-16-29-26(33)24(5-2)30(19-20-11-8-7-9-12-20)25(32)13-10-17-31(36(3,34)35)21-14-15-22(27)23(28)18-21/h7-9,11-12,14-15,18,24H,4-6,10,13,16-17,19H2,1-3H3,(H,29,33)/t24-/m0/s1. The number of nitrogens with zero attached hydrogens (tertiary/aromatic N) is 2. The molecule has 7 nitrogen and oxygen atoms in total. The Morgan fingerprint density at radius 3 is 2.28 bits per heavy atom. The average Bonchev–Trinajstić information content (AvgIpc) is 2.83. The van der Waals surface area contributed by atoms with Crippen molar-refractivity contribution in [3.05, 3.63) is 65.7 Å². The van der Waals surface area contributed by atoms with Crippen LogP contribution < -0.4 is 9.62 Å². The zero-order chi connectivity index (χ0) is 26.7. The van der Waals surface area contributed by atoms with E-state index < -0.39 is 27.7 Å². The monoisotopic (exact) mass is 523 g/mol. The van der Waals surface area contributed by atoms with Gasteiger partial charge in [0.2, 0.25) is 21.8 Å². The minimum absolute atomic E-state index is 0.0215. The maximum atomic E-state index is 13.7. The minimum atomic E-state index is -3.81. The molecule has 0 bridgehead atoms. The van der Waals surface area contributed by atoms with Crippen molar-refractivity contribution in [3.8, 4) is 0 Å². The van der Waals surface area contributed by atoms with E-state index in [0.717, 1.165) is 41.1 Å². The molecule has 0 unspecified atom stereocenters. The molecule has 0 spiro atoms. The van der Waals surface area contributed by atoms with Gasteiger partial charge in [0.05, 0.1) is 11.9 Å². The lowest BCUT2D eigenvalue weighted by atomic mass is 10.1. The molecule has 0 aliphatic carbocycles. The van der Waals surface area contributed by atoms with Crippen LogP contribution in [0, 0.1) is 11.6 Å². The fraction of sp³-hybridized carbons (Fsp3) is 0.462. The van der Waals surface area contributed by atoms with Gasteiger partial charge in [-0.15, -0.1) is 0 Å². The number of carbonyl (C=O) groups excluding carboxylic acids is 2. The minimum Gasteiger partial charge on any atom is -0.354 e. The molecule has 0 fully saturated rings. The van der Waals surface area contributed by atoms with Gasteiger partial charge < -0.3 is 10.2 Å². The first kappa shape index (κ1) is 29.2. The summed E-state index contributed by atoms with van der Waals surface area (Å²) in [6.07, 6.45) is 3.25. The number of amides is 2. The molecule has 36 heavy (non-hydrogen) atoms. The van der Waals surface area contributed by atoms with Gasteiger partial charge in [-0.1, -0.05) is 50.6 Å². The number of anilines is 1. The quantitative estimate of drug-likeness (QED) is 0.376. The van der Waals surface area contributed by atoms with Crippen molar-refractivity contribution in [2.45, 2.75) is 58.5 Å². The molecular formula is C26H35F2N3O4S. The maximum absolute atomic E-state index is 13.7. The molecule has 0 radical (unpaired) electrons. The Hall–Kier alpha value is -3.01. The molecule has 0 saturated heterocycles. The lowest BCUT2D eigenvalue weighted by Crippen LogP contribution is -2.49. The van der Waals surface area contributed by atoms with Crippen LogP contribution in [0.25, 0.3) is 0 Å². The summed E-state index contributed by atoms with van der Waals surface area (Å²) >= 11 is 0. The first-order chi connectivity index (χ1) is 17.1. The molecule has 0 aliphatic heterocycles. The summed E-state index contributed by atoms with van der Waals surface area (Å²) in [5.41, 5.74) is 0.844. The van der Waals surface area contributed by atoms with Crippen LogP contribution in [0.4, 0.5) is 14.5 Å². The highest BCUT2D eigenvalue weighted by molar-refractivity contribution is 7.92. The number of hydrogen-bond acceptors (Lipinski definition) is 4. The smallest absolute Gasteiger partial charge is 0.242 e. The van der Waals surface area contributed by atoms with Gasteiger partial charge in [0.15, 0.2) is 11.6 Å². The molecule has 2 rings (SSSR count). The van der Waals surface area contributed by atoms with Crippen molar-refractivity contribution >= 4 is 27.5 Å². The normalized spacial score (nSPS) is 12.1. The predicted molar refractivity (Wildman–Crippen MR) is 137 cm³/mol. The lowest BCUT2D eigenvalue weighted by Gasteiger charge is -2.31. The molecule has 1 atom stereocenters. The molecule has 0 aromatic heterocycles. The highest BCUT2D eigenvalue weighted by atomic mass is 32.2. The predicted octanol–water partition coefficient (Wildman–Crippen LogP) is 4.23. The van der Waals surface area contributed by atoms with Gasteiger partial charge in [-0.3, -0.25) is 13.9 Å². The molecule has 2 amide bonds. The van der Waals surface area contributed by atoms with E-state index >= 15 is 0 Å². The maximum Gasteiger partial charge on any atom is 0.242 e. The number of carbonyl (C=O) groups is 2. The summed E-state index contributed by atoms with van der Waals surface area (Å²) in [5, 5.41) is 2.89. The van der Waals surface area contributed by atoms with Gasteiger partial charge in [-0.25, -0.2) is 17.2 Å². The molecular weight excluding hydrogens is 488 g/mol. The van der Waals surface area contributed by atoms with Crippen LogP contribution in [-0.4, -0.2) is 50.5 Å². The fourth-order valence-corrected chi connectivity index (χ4v) is 4.81. The average molecular weight is 524 g/mol. The fourth-order valence-electron chi connectivity index (χ4n) is 3.85. The van der Waals surface area contributed by atoms with E-state index in [9.17, 15) is 26.8 Å². The van der Waals surface area contributed by atoms with Crippen LogP contribution >= 0.6 is 0 Å². The second-order valence-corrected chi connectivity index (χ2v) is 10.5. The number of unbranched alkanes of at least 4 members (excludes halogenated alkanes) is 1. The number of sulfonamides is 1. The van der Waals surface area contributed by atoms with Crippen molar-refractivity contribution in [1.29, 1.82) is 0 Å². The van der Waals surface area contributed by atoms with Crippen LogP contribution in [0.1, 0.15) is 51.5 Å². The van der Waals surface area contributed by atoms with Crippen molar-refractivity contribution < 1.29 is 26.8 Å². The van der Waals surface area contributed by atoms with E-state index in [-0.39, 0.29) is 43.4 Å². The molecule has 0 saturated carbocycles. The number of benzene rings is 2. The Labute approximate surface area is 212 Å². The van der Waals surface area contributed by atoms with Gasteiger partial charge >= 0.3 is 0 Å². The van der Waals surface area contributed by atoms with Crippen molar-refractivity contribution in [1.82, 2.24) is 10.2 Å².